The Balaban J connectivity index is 2.14. The zero-order valence-electron chi connectivity index (χ0n) is 12.1. The van der Waals surface area contributed by atoms with Gasteiger partial charge < -0.3 is 5.32 Å². The van der Waals surface area contributed by atoms with Gasteiger partial charge in [-0.2, -0.15) is 0 Å². The van der Waals surface area contributed by atoms with Crippen LogP contribution in [-0.2, 0) is 6.54 Å². The smallest absolute Gasteiger partial charge is 0.101 e. The Hall–Kier alpha value is -0.740. The minimum Gasteiger partial charge on any atom is -0.312 e. The Morgan fingerprint density at radius 2 is 2.00 bits per heavy atom. The lowest BCUT2D eigenvalue weighted by atomic mass is 10.2. The summed E-state index contributed by atoms with van der Waals surface area (Å²) in [5, 5.41) is 5.77. The fourth-order valence-corrected chi connectivity index (χ4v) is 3.16. The number of nitrogens with one attached hydrogen (secondary N) is 1. The molecule has 0 amide bonds. The quantitative estimate of drug-likeness (QED) is 0.773. The summed E-state index contributed by atoms with van der Waals surface area (Å²) in [6.07, 6.45) is 1.66. The van der Waals surface area contributed by atoms with E-state index in [0.29, 0.717) is 10.9 Å². The topological polar surface area (TPSA) is 24.9 Å². The predicted molar refractivity (Wildman–Crippen MR) is 91.4 cm³/mol. The third kappa shape index (κ3) is 5.19. The van der Waals surface area contributed by atoms with Crippen molar-refractivity contribution in [3.8, 4) is 0 Å². The number of benzene rings is 1. The van der Waals surface area contributed by atoms with E-state index in [-0.39, 0.29) is 0 Å². The molecule has 0 atom stereocenters. The maximum Gasteiger partial charge on any atom is 0.101 e. The summed E-state index contributed by atoms with van der Waals surface area (Å²) in [6, 6.07) is 9.72. The zero-order valence-corrected chi connectivity index (χ0v) is 14.4. The number of hydrogen-bond acceptors (Lipinski definition) is 3. The first-order valence-electron chi connectivity index (χ1n) is 6.84. The van der Waals surface area contributed by atoms with E-state index in [4.69, 9.17) is 23.2 Å². The van der Waals surface area contributed by atoms with Crippen LogP contribution in [0.5, 0.6) is 0 Å². The van der Waals surface area contributed by atoms with Crippen molar-refractivity contribution in [2.75, 3.05) is 6.54 Å². The highest BCUT2D eigenvalue weighted by atomic mass is 35.5. The Kier molecular flexibility index (Phi) is 6.37. The third-order valence-corrected chi connectivity index (χ3v) is 4.48. The van der Waals surface area contributed by atoms with Crippen molar-refractivity contribution in [3.63, 3.8) is 0 Å². The number of rotatable bonds is 6. The first-order valence-corrected chi connectivity index (χ1v) is 8.41. The second kappa shape index (κ2) is 8.04. The van der Waals surface area contributed by atoms with E-state index in [0.717, 1.165) is 33.6 Å². The Bertz CT molecular complexity index is 585. The summed E-state index contributed by atoms with van der Waals surface area (Å²) in [5.41, 5.74) is 1.11. The van der Waals surface area contributed by atoms with E-state index in [9.17, 15) is 0 Å². The zero-order chi connectivity index (χ0) is 15.2. The average Bonchev–Trinajstić information content (AvgIpc) is 2.44. The van der Waals surface area contributed by atoms with Crippen molar-refractivity contribution in [1.29, 1.82) is 0 Å². The molecule has 1 aromatic heterocycles. The fraction of sp³-hybridized carbons (Fsp3) is 0.312. The molecule has 0 aliphatic carbocycles. The van der Waals surface area contributed by atoms with Crippen molar-refractivity contribution in [2.24, 2.45) is 5.92 Å². The number of pyridine rings is 1. The lowest BCUT2D eigenvalue weighted by Gasteiger charge is -2.13. The van der Waals surface area contributed by atoms with Gasteiger partial charge in [-0.15, -0.1) is 0 Å². The second-order valence-corrected chi connectivity index (χ2v) is 7.06. The van der Waals surface area contributed by atoms with Gasteiger partial charge in [0.05, 0.1) is 5.02 Å². The van der Waals surface area contributed by atoms with Crippen LogP contribution in [0.15, 0.2) is 46.5 Å². The Labute approximate surface area is 140 Å². The van der Waals surface area contributed by atoms with E-state index in [1.54, 1.807) is 18.0 Å². The summed E-state index contributed by atoms with van der Waals surface area (Å²) in [5.74, 6) is 0.613. The molecular weight excluding hydrogens is 323 g/mol. The molecule has 21 heavy (non-hydrogen) atoms. The van der Waals surface area contributed by atoms with Crippen molar-refractivity contribution < 1.29 is 0 Å². The summed E-state index contributed by atoms with van der Waals surface area (Å²) < 4.78 is 0. The van der Waals surface area contributed by atoms with Crippen LogP contribution in [0, 0.1) is 5.92 Å². The minimum absolute atomic E-state index is 0.613. The van der Waals surface area contributed by atoms with Gasteiger partial charge in [0.25, 0.3) is 0 Å². The van der Waals surface area contributed by atoms with Crippen LogP contribution in [0.2, 0.25) is 10.0 Å². The molecule has 0 unspecified atom stereocenters. The van der Waals surface area contributed by atoms with Crippen LogP contribution >= 0.6 is 35.0 Å². The molecule has 0 aliphatic heterocycles. The van der Waals surface area contributed by atoms with E-state index in [2.05, 4.69) is 30.2 Å². The molecule has 0 spiro atoms. The molecule has 0 bridgehead atoms. The molecular formula is C16H18Cl2N2S. The molecule has 5 heteroatoms. The van der Waals surface area contributed by atoms with Crippen LogP contribution in [0.25, 0.3) is 0 Å². The summed E-state index contributed by atoms with van der Waals surface area (Å²) in [4.78, 5) is 5.44. The monoisotopic (exact) mass is 340 g/mol. The highest BCUT2D eigenvalue weighted by Gasteiger charge is 2.09. The highest BCUT2D eigenvalue weighted by molar-refractivity contribution is 7.99. The maximum absolute atomic E-state index is 6.34. The Morgan fingerprint density at radius 3 is 2.67 bits per heavy atom. The van der Waals surface area contributed by atoms with E-state index < -0.39 is 0 Å². The van der Waals surface area contributed by atoms with Gasteiger partial charge in [-0.25, -0.2) is 4.98 Å². The van der Waals surface area contributed by atoms with Gasteiger partial charge in [0.2, 0.25) is 0 Å². The molecule has 0 fully saturated rings. The SMILES string of the molecule is CC(C)CNCc1c(Cl)cccc1Sc1ccc(Cl)cn1. The van der Waals surface area contributed by atoms with Gasteiger partial charge in [0, 0.05) is 22.7 Å². The summed E-state index contributed by atoms with van der Waals surface area (Å²) in [7, 11) is 0. The van der Waals surface area contributed by atoms with Crippen molar-refractivity contribution in [2.45, 2.75) is 30.3 Å². The molecule has 2 aromatic rings. The maximum atomic E-state index is 6.34. The number of aromatic nitrogens is 1. The highest BCUT2D eigenvalue weighted by Crippen LogP contribution is 2.33. The van der Waals surface area contributed by atoms with Gasteiger partial charge in [0.1, 0.15) is 5.03 Å². The van der Waals surface area contributed by atoms with Crippen LogP contribution in [-0.4, -0.2) is 11.5 Å². The summed E-state index contributed by atoms with van der Waals surface area (Å²) >= 11 is 13.8. The van der Waals surface area contributed by atoms with Crippen LogP contribution in [0.4, 0.5) is 0 Å². The van der Waals surface area contributed by atoms with Gasteiger partial charge in [-0.3, -0.25) is 0 Å². The van der Waals surface area contributed by atoms with Gasteiger partial charge >= 0.3 is 0 Å². The molecule has 1 aromatic carbocycles. The molecule has 1 heterocycles. The number of nitrogens with zero attached hydrogens (tertiary/aromatic N) is 1. The van der Waals surface area contributed by atoms with Crippen molar-refractivity contribution in [3.05, 3.63) is 52.1 Å². The van der Waals surface area contributed by atoms with Crippen LogP contribution in [0.1, 0.15) is 19.4 Å². The number of hydrogen-bond donors (Lipinski definition) is 1. The molecule has 0 radical (unpaired) electrons. The average molecular weight is 341 g/mol. The lowest BCUT2D eigenvalue weighted by Crippen LogP contribution is -2.19. The number of halogens is 2. The van der Waals surface area contributed by atoms with E-state index in [1.165, 1.54) is 0 Å². The van der Waals surface area contributed by atoms with Gasteiger partial charge in [-0.1, -0.05) is 54.9 Å². The van der Waals surface area contributed by atoms with Crippen LogP contribution < -0.4 is 5.32 Å². The largest absolute Gasteiger partial charge is 0.312 e. The van der Waals surface area contributed by atoms with E-state index >= 15 is 0 Å². The molecule has 0 saturated carbocycles. The third-order valence-electron chi connectivity index (χ3n) is 2.85. The molecule has 0 aliphatic rings. The predicted octanol–water partition coefficient (Wildman–Crippen LogP) is 5.29. The van der Waals surface area contributed by atoms with Gasteiger partial charge in [-0.05, 0) is 42.3 Å². The normalized spacial score (nSPS) is 11.1. The first kappa shape index (κ1) is 16.6. The lowest BCUT2D eigenvalue weighted by molar-refractivity contribution is 0.550. The molecule has 1 N–H and O–H groups in total. The fourth-order valence-electron chi connectivity index (χ4n) is 1.83. The molecule has 2 rings (SSSR count). The Morgan fingerprint density at radius 1 is 1.19 bits per heavy atom. The standard InChI is InChI=1S/C16H18Cl2N2S/c1-11(2)8-19-10-13-14(18)4-3-5-15(13)21-16-7-6-12(17)9-20-16/h3-7,9,11,19H,8,10H2,1-2H3. The molecule has 2 nitrogen and oxygen atoms in total. The van der Waals surface area contributed by atoms with Crippen molar-refractivity contribution in [1.82, 2.24) is 10.3 Å². The minimum atomic E-state index is 0.613. The second-order valence-electron chi connectivity index (χ2n) is 5.16. The molecule has 0 saturated heterocycles. The van der Waals surface area contributed by atoms with E-state index in [1.807, 2.05) is 24.3 Å². The molecule has 112 valence electrons. The first-order chi connectivity index (χ1) is 10.1. The van der Waals surface area contributed by atoms with Crippen molar-refractivity contribution >= 4 is 35.0 Å². The van der Waals surface area contributed by atoms with Gasteiger partial charge in [0.15, 0.2) is 0 Å². The summed E-state index contributed by atoms with van der Waals surface area (Å²) in [6.45, 7) is 6.10. The van der Waals surface area contributed by atoms with Crippen LogP contribution in [0.3, 0.4) is 0 Å².